The number of nitrogens with one attached hydrogen (secondary N) is 1. The number of hydrogen-bond acceptors (Lipinski definition) is 4. The second kappa shape index (κ2) is 6.30. The third kappa shape index (κ3) is 4.16. The Morgan fingerprint density at radius 3 is 2.59 bits per heavy atom. The molecule has 1 aromatic heterocycles. The average Bonchev–Trinajstić information content (AvgIpc) is 2.88. The monoisotopic (exact) mass is 301 g/mol. The summed E-state index contributed by atoms with van der Waals surface area (Å²) in [7, 11) is 0. The average molecular weight is 301 g/mol. The van der Waals surface area contributed by atoms with E-state index in [0.717, 1.165) is 11.3 Å². The minimum Gasteiger partial charge on any atom is -0.339 e. The molecule has 1 heterocycles. The molecule has 0 saturated heterocycles. The molecule has 22 heavy (non-hydrogen) atoms. The van der Waals surface area contributed by atoms with Crippen LogP contribution in [0.15, 0.2) is 22.7 Å². The Labute approximate surface area is 131 Å². The molecule has 1 aromatic carbocycles. The van der Waals surface area contributed by atoms with Crippen LogP contribution in [0.25, 0.3) is 0 Å². The highest BCUT2D eigenvalue weighted by atomic mass is 16.5. The van der Waals surface area contributed by atoms with Crippen LogP contribution in [-0.2, 0) is 16.6 Å². The molecule has 2 aromatic rings. The van der Waals surface area contributed by atoms with E-state index in [9.17, 15) is 4.79 Å². The quantitative estimate of drug-likeness (QED) is 0.937. The third-order valence-corrected chi connectivity index (χ3v) is 3.36. The van der Waals surface area contributed by atoms with E-state index in [1.807, 2.05) is 52.8 Å². The fourth-order valence-corrected chi connectivity index (χ4v) is 2.05. The van der Waals surface area contributed by atoms with Crippen LogP contribution in [0, 0.1) is 13.8 Å². The summed E-state index contributed by atoms with van der Waals surface area (Å²) < 4.78 is 5.19. The molecule has 0 fully saturated rings. The van der Waals surface area contributed by atoms with Crippen molar-refractivity contribution >= 4 is 11.6 Å². The summed E-state index contributed by atoms with van der Waals surface area (Å²) in [5.41, 5.74) is 2.93. The molecule has 0 saturated carbocycles. The van der Waals surface area contributed by atoms with Gasteiger partial charge in [0.15, 0.2) is 5.82 Å². The van der Waals surface area contributed by atoms with E-state index in [0.29, 0.717) is 24.6 Å². The molecule has 0 aliphatic heterocycles. The van der Waals surface area contributed by atoms with Crippen molar-refractivity contribution in [1.29, 1.82) is 0 Å². The van der Waals surface area contributed by atoms with Gasteiger partial charge < -0.3 is 9.84 Å². The van der Waals surface area contributed by atoms with Crippen LogP contribution in [0.3, 0.4) is 0 Å². The van der Waals surface area contributed by atoms with Crippen molar-refractivity contribution in [2.45, 2.75) is 52.9 Å². The number of nitrogens with zero attached hydrogens (tertiary/aromatic N) is 2. The van der Waals surface area contributed by atoms with E-state index < -0.39 is 0 Å². The standard InChI is InChI=1S/C17H23N3O2/c1-11-6-7-13(12(2)10-11)18-14(21)8-9-15-19-16(20-22-15)17(3,4)5/h6-7,10H,8-9H2,1-5H3,(H,18,21). The molecule has 0 unspecified atom stereocenters. The molecule has 0 spiro atoms. The highest BCUT2D eigenvalue weighted by Crippen LogP contribution is 2.19. The molecule has 5 heteroatoms. The number of aromatic nitrogens is 2. The largest absolute Gasteiger partial charge is 0.339 e. The zero-order chi connectivity index (χ0) is 16.3. The Bertz CT molecular complexity index is 669. The van der Waals surface area contributed by atoms with E-state index in [2.05, 4.69) is 15.5 Å². The van der Waals surface area contributed by atoms with Crippen LogP contribution in [0.5, 0.6) is 0 Å². The minimum atomic E-state index is -0.150. The van der Waals surface area contributed by atoms with Crippen molar-refractivity contribution in [1.82, 2.24) is 10.1 Å². The third-order valence-electron chi connectivity index (χ3n) is 3.36. The summed E-state index contributed by atoms with van der Waals surface area (Å²) in [6.07, 6.45) is 0.763. The van der Waals surface area contributed by atoms with Gasteiger partial charge in [-0.1, -0.05) is 43.6 Å². The van der Waals surface area contributed by atoms with Crippen LogP contribution in [0.4, 0.5) is 5.69 Å². The summed E-state index contributed by atoms with van der Waals surface area (Å²) in [6, 6.07) is 5.95. The van der Waals surface area contributed by atoms with Gasteiger partial charge in [0, 0.05) is 23.9 Å². The van der Waals surface area contributed by atoms with Crippen LogP contribution in [0.2, 0.25) is 0 Å². The van der Waals surface area contributed by atoms with Crippen LogP contribution in [-0.4, -0.2) is 16.0 Å². The van der Waals surface area contributed by atoms with Crippen molar-refractivity contribution in [2.24, 2.45) is 0 Å². The minimum absolute atomic E-state index is 0.0533. The Morgan fingerprint density at radius 1 is 1.27 bits per heavy atom. The van der Waals surface area contributed by atoms with E-state index in [4.69, 9.17) is 4.52 Å². The smallest absolute Gasteiger partial charge is 0.227 e. The maximum atomic E-state index is 12.0. The summed E-state index contributed by atoms with van der Waals surface area (Å²) in [5, 5.41) is 6.87. The molecular weight excluding hydrogens is 278 g/mol. The Hall–Kier alpha value is -2.17. The zero-order valence-electron chi connectivity index (χ0n) is 13.9. The molecule has 1 N–H and O–H groups in total. The van der Waals surface area contributed by atoms with Crippen molar-refractivity contribution in [3.63, 3.8) is 0 Å². The number of carbonyl (C=O) groups excluding carboxylic acids is 1. The lowest BCUT2D eigenvalue weighted by Crippen LogP contribution is -2.14. The number of aryl methyl sites for hydroxylation is 3. The van der Waals surface area contributed by atoms with Gasteiger partial charge in [-0.05, 0) is 25.5 Å². The van der Waals surface area contributed by atoms with Gasteiger partial charge in [-0.2, -0.15) is 4.98 Å². The highest BCUT2D eigenvalue weighted by molar-refractivity contribution is 5.91. The first-order chi connectivity index (χ1) is 10.3. The fourth-order valence-electron chi connectivity index (χ4n) is 2.05. The van der Waals surface area contributed by atoms with Crippen LogP contribution >= 0.6 is 0 Å². The van der Waals surface area contributed by atoms with Gasteiger partial charge in [-0.25, -0.2) is 0 Å². The van der Waals surface area contributed by atoms with E-state index in [-0.39, 0.29) is 11.3 Å². The summed E-state index contributed by atoms with van der Waals surface area (Å²) in [6.45, 7) is 10.1. The lowest BCUT2D eigenvalue weighted by atomic mass is 9.96. The molecule has 2 rings (SSSR count). The first kappa shape index (κ1) is 16.2. The Balaban J connectivity index is 1.91. The normalized spacial score (nSPS) is 11.5. The predicted octanol–water partition coefficient (Wildman–Crippen LogP) is 3.56. The van der Waals surface area contributed by atoms with Crippen LogP contribution < -0.4 is 5.32 Å². The second-order valence-electron chi connectivity index (χ2n) is 6.63. The van der Waals surface area contributed by atoms with Gasteiger partial charge in [0.2, 0.25) is 11.8 Å². The zero-order valence-corrected chi connectivity index (χ0v) is 13.9. The van der Waals surface area contributed by atoms with Gasteiger partial charge in [-0.15, -0.1) is 0 Å². The van der Waals surface area contributed by atoms with Gasteiger partial charge in [0.25, 0.3) is 0 Å². The summed E-state index contributed by atoms with van der Waals surface area (Å²) in [5.74, 6) is 1.11. The Morgan fingerprint density at radius 2 is 2.00 bits per heavy atom. The van der Waals surface area contributed by atoms with Crippen molar-refractivity contribution in [3.8, 4) is 0 Å². The Kier molecular flexibility index (Phi) is 4.64. The molecule has 1 amide bonds. The van der Waals surface area contributed by atoms with Crippen molar-refractivity contribution in [2.75, 3.05) is 5.32 Å². The SMILES string of the molecule is Cc1ccc(NC(=O)CCc2nc(C(C)(C)C)no2)c(C)c1. The number of benzene rings is 1. The molecule has 5 nitrogen and oxygen atoms in total. The van der Waals surface area contributed by atoms with Crippen LogP contribution in [0.1, 0.15) is 50.0 Å². The molecule has 0 aliphatic rings. The lowest BCUT2D eigenvalue weighted by molar-refractivity contribution is -0.116. The fraction of sp³-hybridized carbons (Fsp3) is 0.471. The van der Waals surface area contributed by atoms with Crippen molar-refractivity contribution < 1.29 is 9.32 Å². The van der Waals surface area contributed by atoms with Crippen molar-refractivity contribution in [3.05, 3.63) is 41.0 Å². The lowest BCUT2D eigenvalue weighted by Gasteiger charge is -2.10. The van der Waals surface area contributed by atoms with E-state index in [1.165, 1.54) is 5.56 Å². The topological polar surface area (TPSA) is 68.0 Å². The first-order valence-corrected chi connectivity index (χ1v) is 7.46. The van der Waals surface area contributed by atoms with Gasteiger partial charge >= 0.3 is 0 Å². The summed E-state index contributed by atoms with van der Waals surface area (Å²) in [4.78, 5) is 16.4. The van der Waals surface area contributed by atoms with E-state index >= 15 is 0 Å². The number of amides is 1. The van der Waals surface area contributed by atoms with Gasteiger partial charge in [0.1, 0.15) is 0 Å². The van der Waals surface area contributed by atoms with E-state index in [1.54, 1.807) is 0 Å². The number of rotatable bonds is 4. The summed E-state index contributed by atoms with van der Waals surface area (Å²) >= 11 is 0. The number of hydrogen-bond donors (Lipinski definition) is 1. The highest BCUT2D eigenvalue weighted by Gasteiger charge is 2.21. The second-order valence-corrected chi connectivity index (χ2v) is 6.63. The molecule has 0 radical (unpaired) electrons. The molecule has 118 valence electrons. The molecule has 0 atom stereocenters. The maximum Gasteiger partial charge on any atom is 0.227 e. The molecule has 0 bridgehead atoms. The molecule has 0 aliphatic carbocycles. The number of anilines is 1. The predicted molar refractivity (Wildman–Crippen MR) is 85.9 cm³/mol. The number of carbonyl (C=O) groups is 1. The van der Waals surface area contributed by atoms with Gasteiger partial charge in [0.05, 0.1) is 0 Å². The first-order valence-electron chi connectivity index (χ1n) is 7.46. The van der Waals surface area contributed by atoms with Gasteiger partial charge in [-0.3, -0.25) is 4.79 Å². The molecular formula is C17H23N3O2. The maximum absolute atomic E-state index is 12.0.